The molecule has 190 valence electrons. The van der Waals surface area contributed by atoms with Crippen LogP contribution in [0.5, 0.6) is 0 Å². The largest absolute Gasteiger partial charge is 0.420 e. The fourth-order valence-corrected chi connectivity index (χ4v) is 7.15. The van der Waals surface area contributed by atoms with Crippen molar-refractivity contribution in [2.75, 3.05) is 38.3 Å². The number of carbonyl (C=O) groups excluding carboxylic acids is 1. The van der Waals surface area contributed by atoms with Crippen LogP contribution in [0.1, 0.15) is 26.4 Å². The Bertz CT molecular complexity index is 1390. The van der Waals surface area contributed by atoms with Gasteiger partial charge in [-0.25, -0.2) is 9.97 Å². The number of aromatic nitrogens is 2. The van der Waals surface area contributed by atoms with Crippen molar-refractivity contribution >= 4 is 51.3 Å². The maximum absolute atomic E-state index is 13.9. The van der Waals surface area contributed by atoms with Gasteiger partial charge in [-0.15, -0.1) is 11.3 Å². The molecule has 36 heavy (non-hydrogen) atoms. The topological polar surface area (TPSA) is 78.4 Å². The van der Waals surface area contributed by atoms with Gasteiger partial charge in [-0.3, -0.25) is 9.00 Å². The number of thiophene rings is 1. The summed E-state index contributed by atoms with van der Waals surface area (Å²) in [5, 5.41) is 3.36. The van der Waals surface area contributed by atoms with Crippen LogP contribution in [-0.2, 0) is 29.9 Å². The Labute approximate surface area is 216 Å². The molecule has 2 aromatic heterocycles. The number of amides is 1. The van der Waals surface area contributed by atoms with Crippen LogP contribution in [0.25, 0.3) is 10.6 Å². The standard InChI is InChI=1S/C23H21ClF3N5O2S2/c1-31-4-3-12-8-16(15(24)7-13(12)11-31)29-22-28-10-14(23(25,26)27)19(30-22)17-9-18-20(35-17)21(33)32(2)5-6-36(18)34/h7-10H,3-6,11H2,1-2H3,(H,28,29,30). The Kier molecular flexibility index (Phi) is 6.56. The third-order valence-corrected chi connectivity index (χ3v) is 9.10. The SMILES string of the molecule is CN1CCc2cc(Nc3ncc(C(F)(F)F)c(-c4cc5c(s4)C(=O)N(C)CCS5=O)n3)c(Cl)cc2C1. The van der Waals surface area contributed by atoms with Crippen LogP contribution < -0.4 is 5.32 Å². The molecule has 2 aliphatic rings. The van der Waals surface area contributed by atoms with E-state index >= 15 is 0 Å². The molecule has 0 saturated heterocycles. The van der Waals surface area contributed by atoms with Gasteiger partial charge >= 0.3 is 6.18 Å². The second kappa shape index (κ2) is 9.40. The van der Waals surface area contributed by atoms with E-state index in [2.05, 4.69) is 20.2 Å². The smallest absolute Gasteiger partial charge is 0.340 e. The molecule has 0 aliphatic carbocycles. The summed E-state index contributed by atoms with van der Waals surface area (Å²) in [6, 6.07) is 5.08. The number of hydrogen-bond donors (Lipinski definition) is 1. The maximum atomic E-state index is 13.9. The molecule has 0 saturated carbocycles. The van der Waals surface area contributed by atoms with Gasteiger partial charge in [0.25, 0.3) is 5.91 Å². The number of halogens is 4. The van der Waals surface area contributed by atoms with Crippen molar-refractivity contribution in [2.45, 2.75) is 24.0 Å². The van der Waals surface area contributed by atoms with Gasteiger partial charge in [0.15, 0.2) is 0 Å². The Balaban J connectivity index is 1.56. The number of nitrogens with one attached hydrogen (secondary N) is 1. The van der Waals surface area contributed by atoms with Gasteiger partial charge in [0.2, 0.25) is 5.95 Å². The Hall–Kier alpha value is -2.54. The first-order chi connectivity index (χ1) is 17.0. The van der Waals surface area contributed by atoms with E-state index in [9.17, 15) is 22.2 Å². The van der Waals surface area contributed by atoms with E-state index in [-0.39, 0.29) is 38.0 Å². The first-order valence-corrected chi connectivity index (χ1v) is 13.5. The van der Waals surface area contributed by atoms with E-state index in [0.717, 1.165) is 42.0 Å². The molecule has 1 atom stereocenters. The highest BCUT2D eigenvalue weighted by atomic mass is 35.5. The fourth-order valence-electron chi connectivity index (χ4n) is 4.19. The number of rotatable bonds is 3. The lowest BCUT2D eigenvalue weighted by atomic mass is 9.99. The second-order valence-corrected chi connectivity index (χ2v) is 11.7. The molecule has 0 radical (unpaired) electrons. The summed E-state index contributed by atoms with van der Waals surface area (Å²) in [7, 11) is 2.08. The van der Waals surface area contributed by atoms with Crippen LogP contribution >= 0.6 is 22.9 Å². The summed E-state index contributed by atoms with van der Waals surface area (Å²) in [4.78, 5) is 24.9. The van der Waals surface area contributed by atoms with Crippen LogP contribution in [0.15, 0.2) is 29.3 Å². The molecule has 0 fully saturated rings. The Morgan fingerprint density at radius 2 is 1.94 bits per heavy atom. The number of nitrogens with zero attached hydrogens (tertiary/aromatic N) is 4. The molecular weight excluding hydrogens is 535 g/mol. The van der Waals surface area contributed by atoms with Crippen LogP contribution in [0.4, 0.5) is 24.8 Å². The number of anilines is 2. The van der Waals surface area contributed by atoms with Crippen LogP contribution in [0, 0.1) is 0 Å². The van der Waals surface area contributed by atoms with Crippen molar-refractivity contribution in [3.05, 3.63) is 51.0 Å². The van der Waals surface area contributed by atoms with Gasteiger partial charge in [-0.1, -0.05) is 11.6 Å². The summed E-state index contributed by atoms with van der Waals surface area (Å²) < 4.78 is 54.3. The minimum absolute atomic E-state index is 0.0686. The van der Waals surface area contributed by atoms with Crippen LogP contribution in [0.3, 0.4) is 0 Å². The molecule has 3 aromatic rings. The van der Waals surface area contributed by atoms with E-state index in [1.807, 2.05) is 19.2 Å². The zero-order chi connectivity index (χ0) is 25.8. The van der Waals surface area contributed by atoms with E-state index < -0.39 is 22.5 Å². The van der Waals surface area contributed by atoms with Crippen LogP contribution in [-0.4, -0.2) is 62.8 Å². The highest BCUT2D eigenvalue weighted by Crippen LogP contribution is 2.41. The first kappa shape index (κ1) is 25.1. The van der Waals surface area contributed by atoms with Crippen molar-refractivity contribution in [1.29, 1.82) is 0 Å². The summed E-state index contributed by atoms with van der Waals surface area (Å²) in [6.45, 7) is 1.94. The predicted octanol–water partition coefficient (Wildman–Crippen LogP) is 4.80. The number of carbonyl (C=O) groups is 1. The average Bonchev–Trinajstić information content (AvgIpc) is 3.23. The Morgan fingerprint density at radius 1 is 1.17 bits per heavy atom. The number of fused-ring (bicyclic) bond motifs is 2. The van der Waals surface area contributed by atoms with Crippen molar-refractivity contribution in [3.63, 3.8) is 0 Å². The van der Waals surface area contributed by atoms with Gasteiger partial charge in [-0.2, -0.15) is 13.2 Å². The third kappa shape index (κ3) is 4.74. The molecule has 13 heteroatoms. The lowest BCUT2D eigenvalue weighted by molar-refractivity contribution is -0.137. The van der Waals surface area contributed by atoms with Crippen molar-refractivity contribution in [2.24, 2.45) is 0 Å². The lowest BCUT2D eigenvalue weighted by Crippen LogP contribution is -2.27. The van der Waals surface area contributed by atoms with E-state index in [0.29, 0.717) is 23.5 Å². The monoisotopic (exact) mass is 555 g/mol. The third-order valence-electron chi connectivity index (χ3n) is 6.16. The molecule has 1 amide bonds. The van der Waals surface area contributed by atoms with Gasteiger partial charge in [0.1, 0.15) is 10.4 Å². The molecule has 1 aromatic carbocycles. The molecule has 5 rings (SSSR count). The summed E-state index contributed by atoms with van der Waals surface area (Å²) >= 11 is 7.31. The summed E-state index contributed by atoms with van der Waals surface area (Å²) in [5.41, 5.74) is 1.25. The van der Waals surface area contributed by atoms with E-state index in [1.165, 1.54) is 11.0 Å². The first-order valence-electron chi connectivity index (χ1n) is 11.0. The molecular formula is C23H21ClF3N5O2S2. The van der Waals surface area contributed by atoms with Crippen molar-refractivity contribution < 1.29 is 22.2 Å². The molecule has 1 N–H and O–H groups in total. The molecule has 2 aliphatic heterocycles. The zero-order valence-corrected chi connectivity index (χ0v) is 21.7. The zero-order valence-electron chi connectivity index (χ0n) is 19.3. The minimum Gasteiger partial charge on any atom is -0.340 e. The van der Waals surface area contributed by atoms with Gasteiger partial charge in [0, 0.05) is 38.6 Å². The lowest BCUT2D eigenvalue weighted by Gasteiger charge is -2.26. The van der Waals surface area contributed by atoms with E-state index in [1.54, 1.807) is 7.05 Å². The normalized spacial score (nSPS) is 18.6. The molecule has 1 unspecified atom stereocenters. The van der Waals surface area contributed by atoms with Crippen LogP contribution in [0.2, 0.25) is 5.02 Å². The maximum Gasteiger partial charge on any atom is 0.420 e. The van der Waals surface area contributed by atoms with Gasteiger partial charge in [0.05, 0.1) is 37.0 Å². The van der Waals surface area contributed by atoms with Gasteiger partial charge in [-0.05, 0) is 42.8 Å². The second-order valence-electron chi connectivity index (χ2n) is 8.75. The summed E-state index contributed by atoms with van der Waals surface area (Å²) in [6.07, 6.45) is -3.20. The average molecular weight is 556 g/mol. The van der Waals surface area contributed by atoms with Crippen molar-refractivity contribution in [1.82, 2.24) is 19.8 Å². The molecule has 4 heterocycles. The van der Waals surface area contributed by atoms with Crippen molar-refractivity contribution in [3.8, 4) is 10.6 Å². The van der Waals surface area contributed by atoms with E-state index in [4.69, 9.17) is 11.6 Å². The van der Waals surface area contributed by atoms with Gasteiger partial charge < -0.3 is 15.1 Å². The number of likely N-dealkylation sites (N-methyl/N-ethyl adjacent to an activating group) is 1. The Morgan fingerprint density at radius 3 is 2.69 bits per heavy atom. The number of benzene rings is 1. The number of hydrogen-bond acceptors (Lipinski definition) is 7. The highest BCUT2D eigenvalue weighted by molar-refractivity contribution is 7.85. The number of alkyl halides is 3. The predicted molar refractivity (Wildman–Crippen MR) is 133 cm³/mol. The molecule has 7 nitrogen and oxygen atoms in total. The molecule has 0 spiro atoms. The molecule has 0 bridgehead atoms. The fraction of sp³-hybridized carbons (Fsp3) is 0.348. The minimum atomic E-state index is -4.73. The highest BCUT2D eigenvalue weighted by Gasteiger charge is 2.37. The quantitative estimate of drug-likeness (QED) is 0.500. The summed E-state index contributed by atoms with van der Waals surface area (Å²) in [5.74, 6) is -0.235.